The van der Waals surface area contributed by atoms with Gasteiger partial charge in [0, 0.05) is 12.4 Å². The standard InChI is InChI=1S/C21H16BrN3O4/c1-25-14-6-4-3-5-11(14)19-17(21(25)27)16(12(9-23)20(24)29-19)10-7-13(22)18(26)15(8-10)28-2/h3-8,16,26H,24H2,1-2H3. The summed E-state index contributed by atoms with van der Waals surface area (Å²) in [6.07, 6.45) is 0. The molecule has 3 N–H and O–H groups in total. The van der Waals surface area contributed by atoms with Gasteiger partial charge in [-0.05, 0) is 45.8 Å². The molecule has 3 aromatic rings. The topological polar surface area (TPSA) is 111 Å². The van der Waals surface area contributed by atoms with E-state index < -0.39 is 5.92 Å². The fraction of sp³-hybridized carbons (Fsp3) is 0.143. The highest BCUT2D eigenvalue weighted by molar-refractivity contribution is 9.10. The van der Waals surface area contributed by atoms with E-state index in [1.54, 1.807) is 19.2 Å². The van der Waals surface area contributed by atoms with Crippen molar-refractivity contribution in [1.29, 1.82) is 5.26 Å². The molecule has 0 spiro atoms. The molecule has 0 saturated carbocycles. The minimum absolute atomic E-state index is 0.0634. The lowest BCUT2D eigenvalue weighted by molar-refractivity contribution is 0.370. The maximum atomic E-state index is 13.3. The number of nitriles is 1. The minimum atomic E-state index is -0.780. The molecule has 8 heteroatoms. The van der Waals surface area contributed by atoms with Crippen molar-refractivity contribution in [2.45, 2.75) is 5.92 Å². The zero-order valence-corrected chi connectivity index (χ0v) is 17.1. The molecule has 1 aliphatic rings. The second kappa shape index (κ2) is 6.87. The largest absolute Gasteiger partial charge is 0.503 e. The first-order valence-electron chi connectivity index (χ1n) is 8.64. The third-order valence-electron chi connectivity index (χ3n) is 5.07. The lowest BCUT2D eigenvalue weighted by atomic mass is 9.83. The number of halogens is 1. The van der Waals surface area contributed by atoms with E-state index in [1.807, 2.05) is 24.3 Å². The van der Waals surface area contributed by atoms with Crippen molar-refractivity contribution in [3.05, 3.63) is 73.8 Å². The highest BCUT2D eigenvalue weighted by Gasteiger charge is 2.36. The van der Waals surface area contributed by atoms with Crippen molar-refractivity contribution in [1.82, 2.24) is 4.57 Å². The average molecular weight is 454 g/mol. The predicted molar refractivity (Wildman–Crippen MR) is 111 cm³/mol. The number of hydrogen-bond donors (Lipinski definition) is 2. The maximum Gasteiger partial charge on any atom is 0.258 e. The van der Waals surface area contributed by atoms with Gasteiger partial charge in [-0.25, -0.2) is 0 Å². The molecule has 1 atom stereocenters. The number of fused-ring (bicyclic) bond motifs is 3. The number of allylic oxidation sites excluding steroid dienone is 1. The van der Waals surface area contributed by atoms with Gasteiger partial charge >= 0.3 is 0 Å². The highest BCUT2D eigenvalue weighted by Crippen LogP contribution is 2.46. The molecule has 146 valence electrons. The minimum Gasteiger partial charge on any atom is -0.503 e. The molecule has 4 rings (SSSR count). The fourth-order valence-corrected chi connectivity index (χ4v) is 4.14. The summed E-state index contributed by atoms with van der Waals surface area (Å²) in [5.41, 5.74) is 7.45. The van der Waals surface area contributed by atoms with Crippen LogP contribution in [0.15, 0.2) is 57.1 Å². The SMILES string of the molecule is COc1cc(C2C(C#N)=C(N)Oc3c2c(=O)n(C)c2ccccc32)cc(Br)c1O. The Morgan fingerprint density at radius 1 is 1.34 bits per heavy atom. The Labute approximate surface area is 174 Å². The van der Waals surface area contributed by atoms with Gasteiger partial charge < -0.3 is 24.9 Å². The molecule has 29 heavy (non-hydrogen) atoms. The summed E-state index contributed by atoms with van der Waals surface area (Å²) in [6, 6.07) is 12.6. The number of aromatic nitrogens is 1. The van der Waals surface area contributed by atoms with Gasteiger partial charge in [-0.1, -0.05) is 12.1 Å². The van der Waals surface area contributed by atoms with Gasteiger partial charge in [0.05, 0.1) is 28.6 Å². The third kappa shape index (κ3) is 2.74. The molecule has 0 radical (unpaired) electrons. The molecule has 0 amide bonds. The first-order valence-corrected chi connectivity index (χ1v) is 9.44. The van der Waals surface area contributed by atoms with Gasteiger partial charge in [-0.2, -0.15) is 5.26 Å². The molecular weight excluding hydrogens is 438 g/mol. The number of hydrogen-bond acceptors (Lipinski definition) is 6. The molecule has 7 nitrogen and oxygen atoms in total. The Balaban J connectivity index is 2.13. The van der Waals surface area contributed by atoms with Gasteiger partial charge in [0.25, 0.3) is 5.56 Å². The van der Waals surface area contributed by atoms with Gasteiger partial charge in [0.15, 0.2) is 11.5 Å². The zero-order chi connectivity index (χ0) is 20.9. The fourth-order valence-electron chi connectivity index (χ4n) is 3.68. The number of pyridine rings is 1. The number of rotatable bonds is 2. The number of ether oxygens (including phenoxy) is 2. The van der Waals surface area contributed by atoms with Crippen molar-refractivity contribution in [2.75, 3.05) is 7.11 Å². The van der Waals surface area contributed by atoms with Crippen LogP contribution in [0.25, 0.3) is 10.9 Å². The molecule has 0 saturated heterocycles. The van der Waals surface area contributed by atoms with Gasteiger partial charge in [-0.3, -0.25) is 4.79 Å². The summed E-state index contributed by atoms with van der Waals surface area (Å²) in [5.74, 6) is -0.390. The normalized spacial score (nSPS) is 15.6. The summed E-state index contributed by atoms with van der Waals surface area (Å²) in [5, 5.41) is 20.6. The van der Waals surface area contributed by atoms with Crippen molar-refractivity contribution in [3.8, 4) is 23.3 Å². The van der Waals surface area contributed by atoms with Crippen molar-refractivity contribution in [2.24, 2.45) is 12.8 Å². The van der Waals surface area contributed by atoms with E-state index in [4.69, 9.17) is 15.2 Å². The Morgan fingerprint density at radius 3 is 2.76 bits per heavy atom. The summed E-state index contributed by atoms with van der Waals surface area (Å²) < 4.78 is 12.9. The summed E-state index contributed by atoms with van der Waals surface area (Å²) in [7, 11) is 3.09. The van der Waals surface area contributed by atoms with Gasteiger partial charge in [0.1, 0.15) is 17.4 Å². The molecule has 2 aromatic carbocycles. The molecular formula is C21H16BrN3O4. The molecule has 2 heterocycles. The number of phenolic OH excluding ortho intramolecular Hbond substituents is 1. The van der Waals surface area contributed by atoms with Crippen molar-refractivity contribution >= 4 is 26.8 Å². The quantitative estimate of drug-likeness (QED) is 0.615. The number of para-hydroxylation sites is 1. The lowest BCUT2D eigenvalue weighted by Gasteiger charge is -2.28. The Hall–Kier alpha value is -3.44. The highest BCUT2D eigenvalue weighted by atomic mass is 79.9. The summed E-state index contributed by atoms with van der Waals surface area (Å²) in [4.78, 5) is 13.3. The van der Waals surface area contributed by atoms with Gasteiger partial charge in [-0.15, -0.1) is 0 Å². The van der Waals surface area contributed by atoms with Crippen LogP contribution < -0.4 is 20.8 Å². The van der Waals surface area contributed by atoms with E-state index in [1.165, 1.54) is 11.7 Å². The van der Waals surface area contributed by atoms with E-state index in [0.717, 1.165) is 0 Å². The van der Waals surface area contributed by atoms with E-state index in [0.29, 0.717) is 32.3 Å². The van der Waals surface area contributed by atoms with Crippen LogP contribution >= 0.6 is 15.9 Å². The van der Waals surface area contributed by atoms with E-state index in [9.17, 15) is 15.2 Å². The summed E-state index contributed by atoms with van der Waals surface area (Å²) in [6.45, 7) is 0. The molecule has 0 bridgehead atoms. The molecule has 0 aliphatic carbocycles. The maximum absolute atomic E-state index is 13.3. The van der Waals surface area contributed by atoms with Crippen LogP contribution in [0.2, 0.25) is 0 Å². The Bertz CT molecular complexity index is 1300. The number of methoxy groups -OCH3 is 1. The summed E-state index contributed by atoms with van der Waals surface area (Å²) >= 11 is 3.30. The van der Waals surface area contributed by atoms with Crippen LogP contribution in [-0.4, -0.2) is 16.8 Å². The molecule has 1 aromatic heterocycles. The second-order valence-electron chi connectivity index (χ2n) is 6.60. The molecule has 1 aliphatic heterocycles. The number of nitrogens with zero attached hydrogens (tertiary/aromatic N) is 2. The predicted octanol–water partition coefficient (Wildman–Crippen LogP) is 3.23. The number of aryl methyl sites for hydroxylation is 1. The number of nitrogens with two attached hydrogens (primary N) is 1. The average Bonchev–Trinajstić information content (AvgIpc) is 2.73. The van der Waals surface area contributed by atoms with E-state index in [2.05, 4.69) is 22.0 Å². The second-order valence-corrected chi connectivity index (χ2v) is 7.46. The first kappa shape index (κ1) is 18.9. The third-order valence-corrected chi connectivity index (χ3v) is 5.67. The monoisotopic (exact) mass is 453 g/mol. The van der Waals surface area contributed by atoms with Crippen LogP contribution in [0.5, 0.6) is 17.2 Å². The number of phenols is 1. The Morgan fingerprint density at radius 2 is 2.07 bits per heavy atom. The first-order chi connectivity index (χ1) is 13.9. The number of benzene rings is 2. The van der Waals surface area contributed by atoms with Crippen molar-refractivity contribution < 1.29 is 14.6 Å². The smallest absolute Gasteiger partial charge is 0.258 e. The number of aromatic hydroxyl groups is 1. The molecule has 1 unspecified atom stereocenters. The molecule has 0 fully saturated rings. The van der Waals surface area contributed by atoms with Crippen LogP contribution in [0, 0.1) is 11.3 Å². The van der Waals surface area contributed by atoms with Crippen molar-refractivity contribution in [3.63, 3.8) is 0 Å². The van der Waals surface area contributed by atoms with E-state index in [-0.39, 0.29) is 28.5 Å². The zero-order valence-electron chi connectivity index (χ0n) is 15.6. The van der Waals surface area contributed by atoms with Crippen LogP contribution in [0.3, 0.4) is 0 Å². The van der Waals surface area contributed by atoms with Crippen LogP contribution in [-0.2, 0) is 7.05 Å². The van der Waals surface area contributed by atoms with E-state index >= 15 is 0 Å². The lowest BCUT2D eigenvalue weighted by Crippen LogP contribution is -2.31. The van der Waals surface area contributed by atoms with Gasteiger partial charge in [0.2, 0.25) is 5.88 Å². The van der Waals surface area contributed by atoms with Crippen LogP contribution in [0.4, 0.5) is 0 Å². The Kier molecular flexibility index (Phi) is 4.47. The van der Waals surface area contributed by atoms with Crippen LogP contribution in [0.1, 0.15) is 17.0 Å².